The summed E-state index contributed by atoms with van der Waals surface area (Å²) in [6, 6.07) is 26.8. The average Bonchev–Trinajstić information content (AvgIpc) is 3.37. The minimum atomic E-state index is -0.0985. The van der Waals surface area contributed by atoms with Crippen LogP contribution in [-0.2, 0) is 11.3 Å². The predicted molar refractivity (Wildman–Crippen MR) is 143 cm³/mol. The number of amides is 1. The molecule has 1 amide bonds. The van der Waals surface area contributed by atoms with Crippen molar-refractivity contribution < 1.29 is 9.53 Å². The summed E-state index contributed by atoms with van der Waals surface area (Å²) in [4.78, 5) is 18.3. The van der Waals surface area contributed by atoms with Gasteiger partial charge < -0.3 is 4.74 Å². The second-order valence-corrected chi connectivity index (χ2v) is 9.69. The Morgan fingerprint density at radius 2 is 1.64 bits per heavy atom. The van der Waals surface area contributed by atoms with Crippen LogP contribution in [0.25, 0.3) is 0 Å². The van der Waals surface area contributed by atoms with Gasteiger partial charge in [0.2, 0.25) is 0 Å². The molecular weight excluding hydrogens is 448 g/mol. The molecule has 0 aromatic heterocycles. The number of piperazine rings is 1. The second-order valence-electron chi connectivity index (χ2n) is 9.69. The Hall–Kier alpha value is -3.48. The number of methoxy groups -OCH3 is 1. The molecule has 0 unspecified atom stereocenters. The third kappa shape index (κ3) is 5.66. The minimum absolute atomic E-state index is 0.0509. The molecule has 0 spiro atoms. The molecule has 36 heavy (non-hydrogen) atoms. The fourth-order valence-corrected chi connectivity index (χ4v) is 4.98. The van der Waals surface area contributed by atoms with Crippen LogP contribution in [0.15, 0.2) is 84.0 Å². The summed E-state index contributed by atoms with van der Waals surface area (Å²) in [6.45, 7) is 7.11. The molecule has 0 saturated carbocycles. The van der Waals surface area contributed by atoms with Gasteiger partial charge in [0.15, 0.2) is 0 Å². The van der Waals surface area contributed by atoms with E-state index in [1.165, 1.54) is 11.1 Å². The van der Waals surface area contributed by atoms with Crippen molar-refractivity contribution >= 4 is 11.6 Å². The van der Waals surface area contributed by atoms with Gasteiger partial charge in [0.25, 0.3) is 5.91 Å². The van der Waals surface area contributed by atoms with Gasteiger partial charge in [-0.1, -0.05) is 72.3 Å². The fourth-order valence-electron chi connectivity index (χ4n) is 4.98. The second kappa shape index (κ2) is 11.1. The Morgan fingerprint density at radius 1 is 0.917 bits per heavy atom. The SMILES string of the molecule is COc1cccc(C2=NN(C(=O)CN3CCN(Cc4ccccc4)CC3)[C@H](c3ccc(C)cc3)C2)c1. The molecule has 0 N–H and O–H groups in total. The molecular formula is C30H34N4O2. The van der Waals surface area contributed by atoms with Crippen LogP contribution in [0, 0.1) is 6.92 Å². The van der Waals surface area contributed by atoms with E-state index in [4.69, 9.17) is 9.84 Å². The lowest BCUT2D eigenvalue weighted by atomic mass is 9.97. The number of hydrogen-bond donors (Lipinski definition) is 0. The van der Waals surface area contributed by atoms with Gasteiger partial charge in [-0.25, -0.2) is 5.01 Å². The zero-order chi connectivity index (χ0) is 24.9. The van der Waals surface area contributed by atoms with Crippen LogP contribution in [0.1, 0.15) is 34.7 Å². The van der Waals surface area contributed by atoms with Crippen molar-refractivity contribution in [2.24, 2.45) is 5.10 Å². The van der Waals surface area contributed by atoms with Crippen molar-refractivity contribution in [1.29, 1.82) is 0 Å². The Morgan fingerprint density at radius 3 is 2.36 bits per heavy atom. The van der Waals surface area contributed by atoms with Gasteiger partial charge in [-0.05, 0) is 30.2 Å². The number of rotatable bonds is 7. The number of carbonyl (C=O) groups excluding carboxylic acids is 1. The lowest BCUT2D eigenvalue weighted by Crippen LogP contribution is -2.49. The van der Waals surface area contributed by atoms with Crippen LogP contribution in [0.3, 0.4) is 0 Å². The molecule has 1 saturated heterocycles. The third-order valence-corrected chi connectivity index (χ3v) is 7.10. The van der Waals surface area contributed by atoms with Gasteiger partial charge >= 0.3 is 0 Å². The molecule has 6 nitrogen and oxygen atoms in total. The van der Waals surface area contributed by atoms with Crippen LogP contribution in [-0.4, -0.2) is 66.3 Å². The van der Waals surface area contributed by atoms with Crippen molar-refractivity contribution in [2.75, 3.05) is 39.8 Å². The zero-order valence-electron chi connectivity index (χ0n) is 21.1. The summed E-state index contributed by atoms with van der Waals surface area (Å²) in [6.07, 6.45) is 0.687. The van der Waals surface area contributed by atoms with Gasteiger partial charge in [0, 0.05) is 44.7 Å². The topological polar surface area (TPSA) is 48.4 Å². The number of carbonyl (C=O) groups is 1. The standard InChI is InChI=1S/C30H34N4O2/c1-23-11-13-25(14-12-23)29-20-28(26-9-6-10-27(19-26)36-2)31-34(29)30(35)22-33-17-15-32(16-18-33)21-24-7-4-3-5-8-24/h3-14,19,29H,15-18,20-22H2,1-2H3/t29-/m0/s1. The van der Waals surface area contributed by atoms with Crippen LogP contribution < -0.4 is 4.74 Å². The van der Waals surface area contributed by atoms with E-state index < -0.39 is 0 Å². The first kappa shape index (κ1) is 24.2. The smallest absolute Gasteiger partial charge is 0.257 e. The summed E-state index contributed by atoms with van der Waals surface area (Å²) in [5, 5.41) is 6.58. The number of benzene rings is 3. The molecule has 3 aromatic carbocycles. The van der Waals surface area contributed by atoms with Gasteiger partial charge in [-0.15, -0.1) is 0 Å². The molecule has 2 aliphatic rings. The lowest BCUT2D eigenvalue weighted by molar-refractivity contribution is -0.134. The molecule has 6 heteroatoms. The maximum absolute atomic E-state index is 13.6. The van der Waals surface area contributed by atoms with E-state index in [1.807, 2.05) is 24.3 Å². The summed E-state index contributed by atoms with van der Waals surface area (Å²) in [5.41, 5.74) is 5.57. The van der Waals surface area contributed by atoms with Crippen molar-refractivity contribution in [3.05, 3.63) is 101 Å². The predicted octanol–water partition coefficient (Wildman–Crippen LogP) is 4.50. The number of hydrogen-bond acceptors (Lipinski definition) is 5. The number of ether oxygens (including phenoxy) is 1. The minimum Gasteiger partial charge on any atom is -0.497 e. The van der Waals surface area contributed by atoms with Crippen LogP contribution in [0.2, 0.25) is 0 Å². The molecule has 186 valence electrons. The van der Waals surface area contributed by atoms with E-state index >= 15 is 0 Å². The third-order valence-electron chi connectivity index (χ3n) is 7.10. The Labute approximate surface area is 213 Å². The lowest BCUT2D eigenvalue weighted by Gasteiger charge is -2.35. The molecule has 2 aliphatic heterocycles. The normalized spacial score (nSPS) is 18.8. The largest absolute Gasteiger partial charge is 0.497 e. The Bertz CT molecular complexity index is 1200. The summed E-state index contributed by atoms with van der Waals surface area (Å²) >= 11 is 0. The highest BCUT2D eigenvalue weighted by atomic mass is 16.5. The molecule has 0 bridgehead atoms. The molecule has 2 heterocycles. The average molecular weight is 483 g/mol. The Kier molecular flexibility index (Phi) is 7.44. The van der Waals surface area contributed by atoms with Crippen molar-refractivity contribution in [3.63, 3.8) is 0 Å². The summed E-state index contributed by atoms with van der Waals surface area (Å²) < 4.78 is 5.41. The first-order chi connectivity index (χ1) is 17.6. The zero-order valence-corrected chi connectivity index (χ0v) is 21.1. The highest BCUT2D eigenvalue weighted by Gasteiger charge is 2.34. The van der Waals surface area contributed by atoms with E-state index in [0.717, 1.165) is 55.3 Å². The van der Waals surface area contributed by atoms with E-state index in [0.29, 0.717) is 13.0 Å². The van der Waals surface area contributed by atoms with Crippen LogP contribution in [0.4, 0.5) is 0 Å². The van der Waals surface area contributed by atoms with Crippen molar-refractivity contribution in [3.8, 4) is 5.75 Å². The maximum atomic E-state index is 13.6. The molecule has 3 aromatic rings. The first-order valence-electron chi connectivity index (χ1n) is 12.7. The van der Waals surface area contributed by atoms with Crippen LogP contribution >= 0.6 is 0 Å². The number of nitrogens with zero attached hydrogens (tertiary/aromatic N) is 4. The van der Waals surface area contributed by atoms with E-state index in [2.05, 4.69) is 71.3 Å². The van der Waals surface area contributed by atoms with Gasteiger partial charge in [0.05, 0.1) is 25.4 Å². The van der Waals surface area contributed by atoms with Gasteiger partial charge in [0.1, 0.15) is 5.75 Å². The monoisotopic (exact) mass is 482 g/mol. The summed E-state index contributed by atoms with van der Waals surface area (Å²) in [5.74, 6) is 0.843. The first-order valence-corrected chi connectivity index (χ1v) is 12.7. The molecule has 1 fully saturated rings. The molecule has 1 atom stereocenters. The fraction of sp³-hybridized carbons (Fsp3) is 0.333. The quantitative estimate of drug-likeness (QED) is 0.498. The van der Waals surface area contributed by atoms with E-state index in [9.17, 15) is 4.79 Å². The number of hydrazone groups is 1. The molecule has 0 aliphatic carbocycles. The van der Waals surface area contributed by atoms with Crippen molar-refractivity contribution in [1.82, 2.24) is 14.8 Å². The van der Waals surface area contributed by atoms with Crippen molar-refractivity contribution in [2.45, 2.75) is 25.9 Å². The van der Waals surface area contributed by atoms with E-state index in [-0.39, 0.29) is 11.9 Å². The van der Waals surface area contributed by atoms with Crippen LogP contribution in [0.5, 0.6) is 5.75 Å². The molecule has 5 rings (SSSR count). The molecule has 0 radical (unpaired) electrons. The highest BCUT2D eigenvalue weighted by Crippen LogP contribution is 2.33. The number of aryl methyl sites for hydroxylation is 1. The Balaban J connectivity index is 1.28. The highest BCUT2D eigenvalue weighted by molar-refractivity contribution is 6.03. The van der Waals surface area contributed by atoms with E-state index in [1.54, 1.807) is 12.1 Å². The van der Waals surface area contributed by atoms with Gasteiger partial charge in [-0.2, -0.15) is 5.10 Å². The maximum Gasteiger partial charge on any atom is 0.257 e. The van der Waals surface area contributed by atoms with Gasteiger partial charge in [-0.3, -0.25) is 14.6 Å². The summed E-state index contributed by atoms with van der Waals surface area (Å²) in [7, 11) is 1.67.